The maximum absolute atomic E-state index is 13.1. The molecule has 0 aromatic heterocycles. The zero-order chi connectivity index (χ0) is 24.2. The molecule has 1 unspecified atom stereocenters. The lowest BCUT2D eigenvalue weighted by atomic mass is 9.71. The Kier molecular flexibility index (Phi) is 5.64. The molecule has 5 aliphatic heterocycles. The second kappa shape index (κ2) is 8.71. The topological polar surface area (TPSA) is 107 Å². The second-order valence-corrected chi connectivity index (χ2v) is 11.1. The van der Waals surface area contributed by atoms with Crippen LogP contribution < -0.4 is 15.5 Å². The Bertz CT molecular complexity index is 1070. The number of benzene rings is 1. The third-order valence-corrected chi connectivity index (χ3v) is 8.83. The predicted molar refractivity (Wildman–Crippen MR) is 128 cm³/mol. The van der Waals surface area contributed by atoms with Crippen molar-refractivity contribution >= 4 is 29.3 Å². The number of piperidine rings is 3. The standard InChI is InChI=1S/C26H33N5O4/c32-22-4-3-21(23(33)28-22)31-24(34)19-2-1-18(13-20(19)25(31)35)30-15-26(16-30)7-11-29(12-8-26)14-17-5-9-27-10-6-17/h1-2,13,17,21,27H,3-12,14-16H2,(H,28,32,33)/p+1. The minimum Gasteiger partial charge on any atom is -0.370 e. The highest BCUT2D eigenvalue weighted by molar-refractivity contribution is 6.23. The van der Waals surface area contributed by atoms with Gasteiger partial charge in [0.15, 0.2) is 0 Å². The van der Waals surface area contributed by atoms with E-state index < -0.39 is 23.8 Å². The van der Waals surface area contributed by atoms with Crippen molar-refractivity contribution in [2.75, 3.05) is 50.7 Å². The summed E-state index contributed by atoms with van der Waals surface area (Å²) in [4.78, 5) is 55.8. The molecule has 0 saturated carbocycles. The first-order valence-electron chi connectivity index (χ1n) is 13.1. The third-order valence-electron chi connectivity index (χ3n) is 8.83. The number of amides is 4. The van der Waals surface area contributed by atoms with Crippen molar-refractivity contribution in [2.24, 2.45) is 11.3 Å². The quantitative estimate of drug-likeness (QED) is 0.586. The summed E-state index contributed by atoms with van der Waals surface area (Å²) in [6.45, 7) is 8.11. The van der Waals surface area contributed by atoms with Gasteiger partial charge in [0, 0.05) is 50.0 Å². The fourth-order valence-electron chi connectivity index (χ4n) is 6.67. The number of quaternary nitrogens is 1. The Labute approximate surface area is 205 Å². The summed E-state index contributed by atoms with van der Waals surface area (Å²) in [6, 6.07) is 4.52. The fraction of sp³-hybridized carbons (Fsp3) is 0.615. The van der Waals surface area contributed by atoms with E-state index in [2.05, 4.69) is 20.4 Å². The summed E-state index contributed by atoms with van der Waals surface area (Å²) in [7, 11) is 0. The summed E-state index contributed by atoms with van der Waals surface area (Å²) in [5, 5.41) is 4.67. The first-order valence-corrected chi connectivity index (χ1v) is 13.1. The molecule has 6 rings (SSSR count). The van der Waals surface area contributed by atoms with Gasteiger partial charge in [0.2, 0.25) is 11.8 Å². The van der Waals surface area contributed by atoms with Crippen LogP contribution in [0.3, 0.4) is 0 Å². The van der Waals surface area contributed by atoms with Crippen LogP contribution in [0, 0.1) is 11.3 Å². The Morgan fingerprint density at radius 2 is 1.66 bits per heavy atom. The number of carbonyl (C=O) groups is 4. The number of rotatable bonds is 4. The van der Waals surface area contributed by atoms with Crippen molar-refractivity contribution in [1.82, 2.24) is 15.1 Å². The number of anilines is 1. The molecule has 5 heterocycles. The lowest BCUT2D eigenvalue weighted by molar-refractivity contribution is -0.664. The molecule has 1 atom stereocenters. The van der Waals surface area contributed by atoms with Crippen LogP contribution in [0.4, 0.5) is 5.69 Å². The Hall–Kier alpha value is -2.78. The summed E-state index contributed by atoms with van der Waals surface area (Å²) >= 11 is 0. The van der Waals surface area contributed by atoms with Gasteiger partial charge in [-0.25, -0.2) is 0 Å². The first-order chi connectivity index (χ1) is 16.9. The Morgan fingerprint density at radius 3 is 2.37 bits per heavy atom. The summed E-state index contributed by atoms with van der Waals surface area (Å²) < 4.78 is 0. The SMILES string of the molecule is O=C1CCC(N2C(=O)c3ccc(N4CC5(CCN(CC6CC[NH2+]CC6)CC5)C4)cc3C2=O)C(=O)N1. The molecule has 4 fully saturated rings. The van der Waals surface area contributed by atoms with Crippen LogP contribution in [0.5, 0.6) is 0 Å². The third kappa shape index (κ3) is 4.04. The van der Waals surface area contributed by atoms with Crippen LogP contribution in [0.1, 0.15) is 59.2 Å². The number of imide groups is 2. The van der Waals surface area contributed by atoms with Gasteiger partial charge in [-0.3, -0.25) is 29.4 Å². The van der Waals surface area contributed by atoms with Gasteiger partial charge in [0.1, 0.15) is 6.04 Å². The van der Waals surface area contributed by atoms with Crippen LogP contribution >= 0.6 is 0 Å². The Morgan fingerprint density at radius 1 is 0.943 bits per heavy atom. The number of hydrogen-bond donors (Lipinski definition) is 2. The number of hydrogen-bond acceptors (Lipinski definition) is 6. The van der Waals surface area contributed by atoms with E-state index in [1.165, 1.54) is 58.4 Å². The molecule has 9 heteroatoms. The van der Waals surface area contributed by atoms with E-state index in [0.717, 1.165) is 29.6 Å². The summed E-state index contributed by atoms with van der Waals surface area (Å²) in [5.41, 5.74) is 2.01. The lowest BCUT2D eigenvalue weighted by Gasteiger charge is -2.55. The van der Waals surface area contributed by atoms with E-state index in [4.69, 9.17) is 0 Å². The van der Waals surface area contributed by atoms with Gasteiger partial charge in [-0.15, -0.1) is 0 Å². The number of likely N-dealkylation sites (tertiary alicyclic amines) is 1. The Balaban J connectivity index is 1.08. The minimum absolute atomic E-state index is 0.127. The van der Waals surface area contributed by atoms with E-state index in [0.29, 0.717) is 16.5 Å². The molecule has 5 aliphatic rings. The molecular weight excluding hydrogens is 446 g/mol. The first kappa shape index (κ1) is 22.7. The predicted octanol–water partition coefficient (Wildman–Crippen LogP) is -0.0366. The van der Waals surface area contributed by atoms with Gasteiger partial charge >= 0.3 is 0 Å². The zero-order valence-corrected chi connectivity index (χ0v) is 20.1. The van der Waals surface area contributed by atoms with E-state index in [1.807, 2.05) is 12.1 Å². The minimum atomic E-state index is -0.923. The van der Waals surface area contributed by atoms with Crippen LogP contribution in [-0.2, 0) is 9.59 Å². The van der Waals surface area contributed by atoms with Gasteiger partial charge < -0.3 is 15.1 Å². The average molecular weight is 481 g/mol. The van der Waals surface area contributed by atoms with E-state index >= 15 is 0 Å². The molecule has 1 aromatic rings. The molecule has 9 nitrogen and oxygen atoms in total. The highest BCUT2D eigenvalue weighted by Crippen LogP contribution is 2.43. The molecule has 4 saturated heterocycles. The average Bonchev–Trinajstić information content (AvgIpc) is 3.08. The van der Waals surface area contributed by atoms with Crippen molar-refractivity contribution in [3.63, 3.8) is 0 Å². The number of carbonyl (C=O) groups excluding carboxylic acids is 4. The smallest absolute Gasteiger partial charge is 0.262 e. The fourth-order valence-corrected chi connectivity index (χ4v) is 6.67. The normalized spacial score (nSPS) is 27.3. The number of fused-ring (bicyclic) bond motifs is 1. The molecule has 0 aliphatic carbocycles. The van der Waals surface area contributed by atoms with E-state index in [-0.39, 0.29) is 18.7 Å². The van der Waals surface area contributed by atoms with Gasteiger partial charge in [0.05, 0.1) is 24.2 Å². The second-order valence-electron chi connectivity index (χ2n) is 11.1. The largest absolute Gasteiger partial charge is 0.370 e. The molecule has 0 radical (unpaired) electrons. The summed E-state index contributed by atoms with van der Waals surface area (Å²) in [6.07, 6.45) is 5.42. The van der Waals surface area contributed by atoms with Gasteiger partial charge in [-0.1, -0.05) is 0 Å². The molecule has 35 heavy (non-hydrogen) atoms. The van der Waals surface area contributed by atoms with Crippen molar-refractivity contribution in [3.8, 4) is 0 Å². The molecule has 3 N–H and O–H groups in total. The number of nitrogens with zero attached hydrogens (tertiary/aromatic N) is 3. The van der Waals surface area contributed by atoms with Crippen molar-refractivity contribution in [2.45, 2.75) is 44.6 Å². The highest BCUT2D eigenvalue weighted by atomic mass is 16.2. The summed E-state index contributed by atoms with van der Waals surface area (Å²) in [5.74, 6) is -0.970. The number of nitrogens with one attached hydrogen (secondary N) is 1. The van der Waals surface area contributed by atoms with E-state index in [1.54, 1.807) is 6.07 Å². The van der Waals surface area contributed by atoms with Crippen molar-refractivity contribution < 1.29 is 24.5 Å². The molecular formula is C26H34N5O4+. The van der Waals surface area contributed by atoms with Crippen LogP contribution in [0.2, 0.25) is 0 Å². The highest BCUT2D eigenvalue weighted by Gasteiger charge is 2.47. The molecule has 1 spiro atoms. The molecule has 4 amide bonds. The van der Waals surface area contributed by atoms with Gasteiger partial charge in [0.25, 0.3) is 11.8 Å². The molecule has 1 aromatic carbocycles. The van der Waals surface area contributed by atoms with Gasteiger partial charge in [-0.05, 0) is 56.5 Å². The molecule has 0 bridgehead atoms. The lowest BCUT2D eigenvalue weighted by Crippen LogP contribution is -2.86. The van der Waals surface area contributed by atoms with Crippen molar-refractivity contribution in [1.29, 1.82) is 0 Å². The van der Waals surface area contributed by atoms with Crippen LogP contribution in [0.25, 0.3) is 0 Å². The maximum atomic E-state index is 13.1. The van der Waals surface area contributed by atoms with Crippen LogP contribution in [-0.4, -0.2) is 85.3 Å². The number of nitrogens with two attached hydrogens (primary N) is 1. The monoisotopic (exact) mass is 480 g/mol. The van der Waals surface area contributed by atoms with Gasteiger partial charge in [-0.2, -0.15) is 0 Å². The zero-order valence-electron chi connectivity index (χ0n) is 20.1. The van der Waals surface area contributed by atoms with Crippen LogP contribution in [0.15, 0.2) is 18.2 Å². The molecule has 186 valence electrons. The van der Waals surface area contributed by atoms with Crippen molar-refractivity contribution in [3.05, 3.63) is 29.3 Å². The van der Waals surface area contributed by atoms with E-state index in [9.17, 15) is 19.2 Å². The maximum Gasteiger partial charge on any atom is 0.262 e.